The van der Waals surface area contributed by atoms with Crippen LogP contribution in [0.5, 0.6) is 0 Å². The monoisotopic (exact) mass is 440 g/mol. The van der Waals surface area contributed by atoms with Crippen molar-refractivity contribution in [2.24, 2.45) is 0 Å². The lowest BCUT2D eigenvalue weighted by Crippen LogP contribution is -2.00. The van der Waals surface area contributed by atoms with Crippen molar-refractivity contribution >= 4 is 65.5 Å². The molecule has 4 nitrogen and oxygen atoms in total. The minimum absolute atomic E-state index is 0.188. The first-order chi connectivity index (χ1) is 11.8. The van der Waals surface area contributed by atoms with Gasteiger partial charge in [-0.2, -0.15) is 4.98 Å². The molecule has 0 saturated carbocycles. The van der Waals surface area contributed by atoms with Crippen molar-refractivity contribution in [1.82, 2.24) is 13.9 Å². The Morgan fingerprint density at radius 1 is 1.16 bits per heavy atom. The molecule has 2 heterocycles. The Bertz CT molecular complexity index is 992. The molecule has 0 unspecified atom stereocenters. The highest BCUT2D eigenvalue weighted by atomic mass is 79.9. The van der Waals surface area contributed by atoms with E-state index in [0.717, 1.165) is 14.8 Å². The van der Waals surface area contributed by atoms with Gasteiger partial charge in [0, 0.05) is 22.6 Å². The molecule has 0 saturated heterocycles. The van der Waals surface area contributed by atoms with Crippen LogP contribution in [0, 0.1) is 6.92 Å². The van der Waals surface area contributed by atoms with Gasteiger partial charge in [0.1, 0.15) is 5.82 Å². The molecule has 0 bridgehead atoms. The number of aryl methyl sites for hydroxylation is 1. The molecule has 3 rings (SSSR count). The Morgan fingerprint density at radius 3 is 2.32 bits per heavy atom. The molecule has 0 aliphatic rings. The molecule has 3 aromatic rings. The minimum Gasteiger partial charge on any atom is -0.372 e. The summed E-state index contributed by atoms with van der Waals surface area (Å²) in [4.78, 5) is 9.69. The second-order valence-corrected chi connectivity index (χ2v) is 8.99. The molecule has 0 aliphatic carbocycles. The minimum atomic E-state index is -1.79. The van der Waals surface area contributed by atoms with Crippen LogP contribution in [0.25, 0.3) is 11.0 Å². The first kappa shape index (κ1) is 19.8. The third-order valence-corrected chi connectivity index (χ3v) is 6.57. The third kappa shape index (κ3) is 3.71. The van der Waals surface area contributed by atoms with Gasteiger partial charge in [0.05, 0.1) is 5.39 Å². The Kier molecular flexibility index (Phi) is 6.19. The zero-order valence-electron chi connectivity index (χ0n) is 14.8. The Morgan fingerprint density at radius 2 is 1.76 bits per heavy atom. The number of hydrogen-bond donors (Lipinski definition) is 1. The van der Waals surface area contributed by atoms with E-state index < -0.39 is 9.39 Å². The summed E-state index contributed by atoms with van der Waals surface area (Å²) in [6, 6.07) is 8.25. The van der Waals surface area contributed by atoms with Crippen molar-refractivity contribution in [3.05, 3.63) is 45.8 Å². The van der Waals surface area contributed by atoms with Crippen LogP contribution in [0.2, 0.25) is 5.28 Å². The van der Waals surface area contributed by atoms with Crippen LogP contribution in [0.1, 0.15) is 19.4 Å². The quantitative estimate of drug-likeness (QED) is 0.418. The van der Waals surface area contributed by atoms with E-state index >= 15 is 0 Å². The second kappa shape index (κ2) is 7.81. The highest BCUT2D eigenvalue weighted by Crippen LogP contribution is 2.41. The van der Waals surface area contributed by atoms with Gasteiger partial charge in [0.2, 0.25) is 5.28 Å². The van der Waals surface area contributed by atoms with Crippen LogP contribution in [-0.2, 0) is 0 Å². The molecular weight excluding hydrogens is 420 g/mol. The fourth-order valence-corrected chi connectivity index (χ4v) is 4.89. The molecule has 0 aliphatic heterocycles. The molecule has 7 heteroatoms. The smallest absolute Gasteiger partial charge is 0.226 e. The summed E-state index contributed by atoms with van der Waals surface area (Å²) in [5.74, 6) is 9.43. The molecule has 2 aromatic heterocycles. The Hall–Kier alpha value is -1.50. The van der Waals surface area contributed by atoms with E-state index in [4.69, 9.17) is 11.6 Å². The van der Waals surface area contributed by atoms with Gasteiger partial charge in [-0.1, -0.05) is 43.3 Å². The standard InChI is InChI=1S/C16H16BrClN4S.C2H6/c1-10-5-7-11(8-6-10)23(3,4)22-9-12(17)13-14(19-2)20-16(18)21-15(13)22;1-2/h5-9H,3-4H2,1-2H3,(H,19,20,21);1-2H3. The third-order valence-electron chi connectivity index (χ3n) is 3.61. The number of rotatable bonds is 3. The van der Waals surface area contributed by atoms with Gasteiger partial charge < -0.3 is 5.32 Å². The maximum atomic E-state index is 6.08. The average molecular weight is 442 g/mol. The number of nitrogens with one attached hydrogen (secondary N) is 1. The van der Waals surface area contributed by atoms with Crippen molar-refractivity contribution < 1.29 is 0 Å². The van der Waals surface area contributed by atoms with Gasteiger partial charge in [-0.3, -0.25) is 3.97 Å². The highest BCUT2D eigenvalue weighted by Gasteiger charge is 2.17. The van der Waals surface area contributed by atoms with Crippen molar-refractivity contribution in [2.75, 3.05) is 12.4 Å². The van der Waals surface area contributed by atoms with Gasteiger partial charge in [-0.25, -0.2) is 4.98 Å². The number of halogens is 2. The van der Waals surface area contributed by atoms with E-state index in [2.05, 4.69) is 74.1 Å². The first-order valence-electron chi connectivity index (χ1n) is 7.83. The van der Waals surface area contributed by atoms with Gasteiger partial charge in [-0.15, -0.1) is 9.39 Å². The number of hydrogen-bond acceptors (Lipinski definition) is 3. The molecule has 134 valence electrons. The van der Waals surface area contributed by atoms with Crippen LogP contribution in [0.3, 0.4) is 0 Å². The summed E-state index contributed by atoms with van der Waals surface area (Å²) in [5, 5.41) is 4.11. The lowest BCUT2D eigenvalue weighted by molar-refractivity contribution is 1.17. The van der Waals surface area contributed by atoms with Crippen LogP contribution < -0.4 is 5.32 Å². The topological polar surface area (TPSA) is 42.7 Å². The largest absolute Gasteiger partial charge is 0.372 e. The molecule has 1 aromatic carbocycles. The predicted octanol–water partition coefficient (Wildman–Crippen LogP) is 5.71. The van der Waals surface area contributed by atoms with Crippen LogP contribution in [-0.4, -0.2) is 32.7 Å². The lowest BCUT2D eigenvalue weighted by atomic mass is 10.2. The summed E-state index contributed by atoms with van der Waals surface area (Å²) in [6.07, 6.45) is 1.95. The van der Waals surface area contributed by atoms with Gasteiger partial charge in [0.25, 0.3) is 0 Å². The molecule has 0 spiro atoms. The summed E-state index contributed by atoms with van der Waals surface area (Å²) < 4.78 is 2.87. The predicted molar refractivity (Wildman–Crippen MR) is 118 cm³/mol. The summed E-state index contributed by atoms with van der Waals surface area (Å²) in [5.41, 5.74) is 1.91. The van der Waals surface area contributed by atoms with E-state index in [1.807, 2.05) is 24.0 Å². The normalized spacial score (nSPS) is 11.1. The SMILES string of the molecule is C=S(=C)(c1ccc(C)cc1)n1cc(Br)c2c(NC)nc(Cl)nc21.CC. The summed E-state index contributed by atoms with van der Waals surface area (Å²) in [7, 11) is 0.00867. The van der Waals surface area contributed by atoms with Gasteiger partial charge in [0.15, 0.2) is 5.65 Å². The number of anilines is 1. The molecule has 0 amide bonds. The maximum Gasteiger partial charge on any atom is 0.226 e. The van der Waals surface area contributed by atoms with Crippen LogP contribution in [0.15, 0.2) is 39.8 Å². The Balaban J connectivity index is 0.00000109. The molecule has 0 radical (unpaired) electrons. The number of fused-ring (bicyclic) bond motifs is 1. The second-order valence-electron chi connectivity index (χ2n) is 5.25. The van der Waals surface area contributed by atoms with E-state index in [1.54, 1.807) is 7.05 Å². The average Bonchev–Trinajstić information content (AvgIpc) is 2.93. The zero-order valence-corrected chi connectivity index (χ0v) is 18.0. The fourth-order valence-electron chi connectivity index (χ4n) is 2.38. The van der Waals surface area contributed by atoms with E-state index in [-0.39, 0.29) is 5.28 Å². The molecule has 0 atom stereocenters. The van der Waals surface area contributed by atoms with Gasteiger partial charge in [-0.05, 0) is 46.6 Å². The van der Waals surface area contributed by atoms with Crippen molar-refractivity contribution in [3.8, 4) is 0 Å². The fraction of sp³-hybridized carbons (Fsp3) is 0.222. The number of nitrogens with zero attached hydrogens (tertiary/aromatic N) is 3. The summed E-state index contributed by atoms with van der Waals surface area (Å²) >= 11 is 9.66. The van der Waals surface area contributed by atoms with Crippen molar-refractivity contribution in [3.63, 3.8) is 0 Å². The molecule has 0 fully saturated rings. The molecular formula is C18H22BrClN4S. The van der Waals surface area contributed by atoms with E-state index in [1.165, 1.54) is 5.56 Å². The lowest BCUT2D eigenvalue weighted by Gasteiger charge is -2.18. The maximum absolute atomic E-state index is 6.08. The molecule has 1 N–H and O–H groups in total. The first-order valence-corrected chi connectivity index (χ1v) is 10.9. The summed E-state index contributed by atoms with van der Waals surface area (Å²) in [6.45, 7) is 6.06. The van der Waals surface area contributed by atoms with Crippen LogP contribution >= 0.6 is 36.9 Å². The van der Waals surface area contributed by atoms with Gasteiger partial charge >= 0.3 is 0 Å². The molecule has 25 heavy (non-hydrogen) atoms. The number of aromatic nitrogens is 3. The highest BCUT2D eigenvalue weighted by molar-refractivity contribution is 9.10. The van der Waals surface area contributed by atoms with Crippen molar-refractivity contribution in [2.45, 2.75) is 25.7 Å². The van der Waals surface area contributed by atoms with Crippen LogP contribution in [0.4, 0.5) is 5.82 Å². The van der Waals surface area contributed by atoms with E-state index in [0.29, 0.717) is 11.5 Å². The Labute approximate surface area is 163 Å². The van der Waals surface area contributed by atoms with Crippen molar-refractivity contribution in [1.29, 1.82) is 0 Å². The van der Waals surface area contributed by atoms with E-state index in [9.17, 15) is 0 Å². The zero-order chi connectivity index (χ0) is 18.8. The number of benzene rings is 1.